The molecule has 0 aliphatic rings. The van der Waals surface area contributed by atoms with E-state index in [0.29, 0.717) is 15.5 Å². The molecular formula is C11H9FN4S. The van der Waals surface area contributed by atoms with Crippen LogP contribution in [0.3, 0.4) is 0 Å². The van der Waals surface area contributed by atoms with Crippen molar-refractivity contribution in [3.05, 3.63) is 48.2 Å². The van der Waals surface area contributed by atoms with Crippen molar-refractivity contribution < 1.29 is 4.39 Å². The lowest BCUT2D eigenvalue weighted by Gasteiger charge is -2.04. The molecule has 0 spiro atoms. The molecule has 3 N–H and O–H groups in total. The van der Waals surface area contributed by atoms with E-state index in [1.54, 1.807) is 30.7 Å². The Morgan fingerprint density at radius 2 is 2.18 bits per heavy atom. The number of rotatable bonds is 3. The van der Waals surface area contributed by atoms with Crippen molar-refractivity contribution in [3.63, 3.8) is 0 Å². The van der Waals surface area contributed by atoms with Gasteiger partial charge in [0.15, 0.2) is 0 Å². The van der Waals surface area contributed by atoms with Gasteiger partial charge in [-0.1, -0.05) is 11.8 Å². The van der Waals surface area contributed by atoms with Crippen molar-refractivity contribution in [2.45, 2.75) is 9.92 Å². The van der Waals surface area contributed by atoms with Crippen LogP contribution in [0.2, 0.25) is 0 Å². The zero-order chi connectivity index (χ0) is 12.3. The fraction of sp³-hybridized carbons (Fsp3) is 0. The number of nitrogen functional groups attached to an aromatic ring is 1. The van der Waals surface area contributed by atoms with Crippen LogP contribution < -0.4 is 5.73 Å². The number of benzene rings is 1. The highest BCUT2D eigenvalue weighted by atomic mass is 32.2. The monoisotopic (exact) mass is 248 g/mol. The predicted octanol–water partition coefficient (Wildman–Crippen LogP) is 2.05. The summed E-state index contributed by atoms with van der Waals surface area (Å²) in [4.78, 5) is 8.36. The molecule has 0 aliphatic heterocycles. The quantitative estimate of drug-likeness (QED) is 0.644. The third kappa shape index (κ3) is 2.79. The summed E-state index contributed by atoms with van der Waals surface area (Å²) in [5, 5.41) is 7.82. The number of aromatic nitrogens is 2. The predicted molar refractivity (Wildman–Crippen MR) is 63.6 cm³/mol. The SMILES string of the molecule is N=C(N)c1ccc(Sc2cnccn2)c(F)c1. The molecule has 0 radical (unpaired) electrons. The van der Waals surface area contributed by atoms with E-state index in [9.17, 15) is 4.39 Å². The number of nitrogens with one attached hydrogen (secondary N) is 1. The molecule has 0 bridgehead atoms. The molecule has 2 rings (SSSR count). The van der Waals surface area contributed by atoms with Crippen LogP contribution in [0.4, 0.5) is 4.39 Å². The van der Waals surface area contributed by atoms with Gasteiger partial charge in [-0.25, -0.2) is 9.37 Å². The molecule has 1 heterocycles. The second-order valence-electron chi connectivity index (χ2n) is 3.20. The van der Waals surface area contributed by atoms with E-state index >= 15 is 0 Å². The van der Waals surface area contributed by atoms with E-state index in [4.69, 9.17) is 11.1 Å². The van der Waals surface area contributed by atoms with Crippen molar-refractivity contribution >= 4 is 17.6 Å². The summed E-state index contributed by atoms with van der Waals surface area (Å²) >= 11 is 1.17. The van der Waals surface area contributed by atoms with Crippen LogP contribution in [0.1, 0.15) is 5.56 Å². The van der Waals surface area contributed by atoms with Gasteiger partial charge in [-0.15, -0.1) is 0 Å². The smallest absolute Gasteiger partial charge is 0.137 e. The van der Waals surface area contributed by atoms with Gasteiger partial charge < -0.3 is 5.73 Å². The van der Waals surface area contributed by atoms with Crippen LogP contribution in [0.5, 0.6) is 0 Å². The fourth-order valence-electron chi connectivity index (χ4n) is 1.20. The first-order valence-electron chi connectivity index (χ1n) is 4.74. The van der Waals surface area contributed by atoms with E-state index in [1.165, 1.54) is 17.8 Å². The largest absolute Gasteiger partial charge is 0.384 e. The lowest BCUT2D eigenvalue weighted by Crippen LogP contribution is -2.11. The fourth-order valence-corrected chi connectivity index (χ4v) is 1.95. The first kappa shape index (κ1) is 11.5. The Balaban J connectivity index is 2.26. The van der Waals surface area contributed by atoms with E-state index in [2.05, 4.69) is 9.97 Å². The van der Waals surface area contributed by atoms with Crippen molar-refractivity contribution in [1.29, 1.82) is 5.41 Å². The summed E-state index contributed by atoms with van der Waals surface area (Å²) in [7, 11) is 0. The lowest BCUT2D eigenvalue weighted by molar-refractivity contribution is 0.601. The Labute approximate surface area is 102 Å². The minimum absolute atomic E-state index is 0.153. The molecule has 0 aliphatic carbocycles. The number of hydrogen-bond acceptors (Lipinski definition) is 4. The van der Waals surface area contributed by atoms with Crippen LogP contribution in [-0.2, 0) is 0 Å². The number of halogens is 1. The van der Waals surface area contributed by atoms with Gasteiger partial charge in [0.05, 0.1) is 6.20 Å². The molecule has 2 aromatic rings. The van der Waals surface area contributed by atoms with E-state index in [1.807, 2.05) is 0 Å². The van der Waals surface area contributed by atoms with Gasteiger partial charge in [0.1, 0.15) is 16.7 Å². The summed E-state index contributed by atoms with van der Waals surface area (Å²) in [6.07, 6.45) is 4.66. The van der Waals surface area contributed by atoms with Crippen molar-refractivity contribution in [2.75, 3.05) is 0 Å². The average molecular weight is 248 g/mol. The van der Waals surface area contributed by atoms with E-state index in [0.717, 1.165) is 0 Å². The summed E-state index contributed by atoms with van der Waals surface area (Å²) in [6.45, 7) is 0. The van der Waals surface area contributed by atoms with Gasteiger partial charge >= 0.3 is 0 Å². The molecule has 6 heteroatoms. The van der Waals surface area contributed by atoms with E-state index < -0.39 is 5.82 Å². The van der Waals surface area contributed by atoms with Gasteiger partial charge in [-0.05, 0) is 18.2 Å². The molecular weight excluding hydrogens is 239 g/mol. The first-order valence-corrected chi connectivity index (χ1v) is 5.56. The van der Waals surface area contributed by atoms with Crippen molar-refractivity contribution in [2.24, 2.45) is 5.73 Å². The molecule has 0 unspecified atom stereocenters. The van der Waals surface area contributed by atoms with Gasteiger partial charge in [-0.3, -0.25) is 10.4 Å². The second kappa shape index (κ2) is 4.92. The van der Waals surface area contributed by atoms with Gasteiger partial charge in [0.2, 0.25) is 0 Å². The number of nitrogens with two attached hydrogens (primary N) is 1. The van der Waals surface area contributed by atoms with Gasteiger partial charge in [-0.2, -0.15) is 0 Å². The van der Waals surface area contributed by atoms with Crippen LogP contribution >= 0.6 is 11.8 Å². The number of nitrogens with zero attached hydrogens (tertiary/aromatic N) is 2. The standard InChI is InChI=1S/C11H9FN4S/c12-8-5-7(11(13)14)1-2-9(8)17-10-6-15-3-4-16-10/h1-6H,(H3,13,14). The van der Waals surface area contributed by atoms with Crippen LogP contribution in [0.15, 0.2) is 46.7 Å². The maximum Gasteiger partial charge on any atom is 0.137 e. The minimum atomic E-state index is -0.423. The maximum atomic E-state index is 13.7. The Kier molecular flexibility index (Phi) is 3.34. The summed E-state index contributed by atoms with van der Waals surface area (Å²) in [5.41, 5.74) is 5.64. The third-order valence-corrected chi connectivity index (χ3v) is 2.97. The van der Waals surface area contributed by atoms with Crippen LogP contribution in [0, 0.1) is 11.2 Å². The summed E-state index contributed by atoms with van der Waals surface area (Å²) in [5.74, 6) is -0.576. The van der Waals surface area contributed by atoms with Crippen LogP contribution in [-0.4, -0.2) is 15.8 Å². The Morgan fingerprint density at radius 3 is 2.76 bits per heavy atom. The molecule has 86 valence electrons. The molecule has 0 saturated heterocycles. The minimum Gasteiger partial charge on any atom is -0.384 e. The highest BCUT2D eigenvalue weighted by Gasteiger charge is 2.07. The zero-order valence-electron chi connectivity index (χ0n) is 8.72. The van der Waals surface area contributed by atoms with Gasteiger partial charge in [0.25, 0.3) is 0 Å². The zero-order valence-corrected chi connectivity index (χ0v) is 9.54. The average Bonchev–Trinajstić information content (AvgIpc) is 2.33. The van der Waals surface area contributed by atoms with Gasteiger partial charge in [0, 0.05) is 22.9 Å². The molecule has 1 aromatic carbocycles. The number of amidine groups is 1. The Bertz CT molecular complexity index is 544. The Morgan fingerprint density at radius 1 is 1.35 bits per heavy atom. The first-order chi connectivity index (χ1) is 8.16. The highest BCUT2D eigenvalue weighted by molar-refractivity contribution is 7.99. The summed E-state index contributed by atoms with van der Waals surface area (Å²) < 4.78 is 13.7. The molecule has 17 heavy (non-hydrogen) atoms. The van der Waals surface area contributed by atoms with E-state index in [-0.39, 0.29) is 5.84 Å². The van der Waals surface area contributed by atoms with Crippen LogP contribution in [0.25, 0.3) is 0 Å². The molecule has 0 atom stereocenters. The molecule has 0 saturated carbocycles. The molecule has 1 aromatic heterocycles. The summed E-state index contributed by atoms with van der Waals surface area (Å²) in [6, 6.07) is 4.41. The highest BCUT2D eigenvalue weighted by Crippen LogP contribution is 2.28. The normalized spacial score (nSPS) is 10.2. The van der Waals surface area contributed by atoms with Crippen molar-refractivity contribution in [3.8, 4) is 0 Å². The topological polar surface area (TPSA) is 75.7 Å². The third-order valence-electron chi connectivity index (χ3n) is 2.00. The molecule has 4 nitrogen and oxygen atoms in total. The lowest BCUT2D eigenvalue weighted by atomic mass is 10.2. The van der Waals surface area contributed by atoms with Crippen molar-refractivity contribution in [1.82, 2.24) is 9.97 Å². The maximum absolute atomic E-state index is 13.7. The Hall–Kier alpha value is -1.95. The number of hydrogen-bond donors (Lipinski definition) is 2. The second-order valence-corrected chi connectivity index (χ2v) is 4.27. The molecule has 0 fully saturated rings. The molecule has 0 amide bonds.